The Balaban J connectivity index is 2.50. The van der Waals surface area contributed by atoms with Crippen LogP contribution in [0.1, 0.15) is 85.5 Å². The number of hydrogen-bond donors (Lipinski definition) is 0. The number of hydrogen-bond acceptors (Lipinski definition) is 0. The van der Waals surface area contributed by atoms with E-state index in [0.717, 1.165) is 23.7 Å². The summed E-state index contributed by atoms with van der Waals surface area (Å²) >= 11 is 0. The van der Waals surface area contributed by atoms with Crippen LogP contribution in [0.2, 0.25) is 0 Å². The van der Waals surface area contributed by atoms with Crippen molar-refractivity contribution in [1.82, 2.24) is 0 Å². The fourth-order valence-corrected chi connectivity index (χ4v) is 4.11. The molecule has 0 radical (unpaired) electrons. The molecule has 0 amide bonds. The number of rotatable bonds is 6. The first-order valence-electron chi connectivity index (χ1n) is 8.22. The molecule has 0 aliphatic heterocycles. The Labute approximate surface area is 110 Å². The second-order valence-electron chi connectivity index (χ2n) is 6.38. The SMILES string of the molecule is CCCC(C)C(CC)C1CCCC(CC)CC1. The van der Waals surface area contributed by atoms with Crippen LogP contribution < -0.4 is 0 Å². The molecule has 1 aliphatic carbocycles. The molecule has 1 fully saturated rings. The maximum absolute atomic E-state index is 2.50. The van der Waals surface area contributed by atoms with Crippen molar-refractivity contribution in [2.45, 2.75) is 85.5 Å². The normalized spacial score (nSPS) is 29.6. The second-order valence-corrected chi connectivity index (χ2v) is 6.38. The van der Waals surface area contributed by atoms with Gasteiger partial charge in [-0.3, -0.25) is 0 Å². The third-order valence-electron chi connectivity index (χ3n) is 5.26. The van der Waals surface area contributed by atoms with Crippen LogP contribution in [0.4, 0.5) is 0 Å². The van der Waals surface area contributed by atoms with Gasteiger partial charge in [0.05, 0.1) is 0 Å². The molecule has 0 heterocycles. The third kappa shape index (κ3) is 4.64. The van der Waals surface area contributed by atoms with E-state index >= 15 is 0 Å². The molecule has 0 nitrogen and oxygen atoms in total. The van der Waals surface area contributed by atoms with Crippen molar-refractivity contribution >= 4 is 0 Å². The monoisotopic (exact) mass is 238 g/mol. The Morgan fingerprint density at radius 1 is 1.00 bits per heavy atom. The van der Waals surface area contributed by atoms with Crippen molar-refractivity contribution in [3.63, 3.8) is 0 Å². The van der Waals surface area contributed by atoms with Gasteiger partial charge < -0.3 is 0 Å². The summed E-state index contributed by atoms with van der Waals surface area (Å²) in [6.07, 6.45) is 13.2. The van der Waals surface area contributed by atoms with Crippen LogP contribution in [0, 0.1) is 23.7 Å². The van der Waals surface area contributed by atoms with Gasteiger partial charge in [0.2, 0.25) is 0 Å². The molecule has 0 heteroatoms. The van der Waals surface area contributed by atoms with Crippen molar-refractivity contribution in [2.75, 3.05) is 0 Å². The lowest BCUT2D eigenvalue weighted by Crippen LogP contribution is -2.21. The summed E-state index contributed by atoms with van der Waals surface area (Å²) in [5.74, 6) is 4.04. The maximum Gasteiger partial charge on any atom is -0.0363 e. The van der Waals surface area contributed by atoms with Gasteiger partial charge in [-0.15, -0.1) is 0 Å². The van der Waals surface area contributed by atoms with Gasteiger partial charge in [-0.25, -0.2) is 0 Å². The lowest BCUT2D eigenvalue weighted by Gasteiger charge is -2.30. The smallest absolute Gasteiger partial charge is 0.0363 e. The van der Waals surface area contributed by atoms with E-state index in [1.807, 2.05) is 0 Å². The third-order valence-corrected chi connectivity index (χ3v) is 5.26. The first-order chi connectivity index (χ1) is 8.22. The van der Waals surface area contributed by atoms with Crippen LogP contribution in [-0.2, 0) is 0 Å². The predicted octanol–water partition coefficient (Wildman–Crippen LogP) is 6.06. The van der Waals surface area contributed by atoms with E-state index in [9.17, 15) is 0 Å². The zero-order valence-corrected chi connectivity index (χ0v) is 12.7. The molecule has 0 saturated heterocycles. The molecule has 0 aromatic rings. The van der Waals surface area contributed by atoms with Gasteiger partial charge in [-0.1, -0.05) is 79.1 Å². The zero-order valence-electron chi connectivity index (χ0n) is 12.7. The first-order valence-corrected chi connectivity index (χ1v) is 8.22. The van der Waals surface area contributed by atoms with Crippen LogP contribution in [0.25, 0.3) is 0 Å². The lowest BCUT2D eigenvalue weighted by atomic mass is 9.75. The minimum absolute atomic E-state index is 0.952. The zero-order chi connectivity index (χ0) is 12.7. The molecule has 1 aliphatic rings. The van der Waals surface area contributed by atoms with Crippen LogP contribution in [0.15, 0.2) is 0 Å². The molecule has 0 N–H and O–H groups in total. The van der Waals surface area contributed by atoms with Gasteiger partial charge in [-0.2, -0.15) is 0 Å². The first kappa shape index (κ1) is 15.1. The molecular formula is C17H34. The average molecular weight is 238 g/mol. The molecule has 0 bridgehead atoms. The van der Waals surface area contributed by atoms with E-state index in [0.29, 0.717) is 0 Å². The summed E-state index contributed by atoms with van der Waals surface area (Å²) in [6.45, 7) is 9.63. The highest BCUT2D eigenvalue weighted by Crippen LogP contribution is 2.38. The van der Waals surface area contributed by atoms with E-state index in [1.165, 1.54) is 57.8 Å². The lowest BCUT2D eigenvalue weighted by molar-refractivity contribution is 0.199. The van der Waals surface area contributed by atoms with Crippen molar-refractivity contribution in [1.29, 1.82) is 0 Å². The molecule has 4 atom stereocenters. The van der Waals surface area contributed by atoms with Crippen LogP contribution in [0.3, 0.4) is 0 Å². The summed E-state index contributed by atoms with van der Waals surface area (Å²) < 4.78 is 0. The molecule has 0 spiro atoms. The maximum atomic E-state index is 2.50. The van der Waals surface area contributed by atoms with E-state index in [2.05, 4.69) is 27.7 Å². The summed E-state index contributed by atoms with van der Waals surface area (Å²) in [5, 5.41) is 0. The summed E-state index contributed by atoms with van der Waals surface area (Å²) in [6, 6.07) is 0. The van der Waals surface area contributed by atoms with Crippen LogP contribution >= 0.6 is 0 Å². The molecule has 0 aromatic heterocycles. The van der Waals surface area contributed by atoms with Crippen molar-refractivity contribution in [3.05, 3.63) is 0 Å². The average Bonchev–Trinajstić information content (AvgIpc) is 2.56. The van der Waals surface area contributed by atoms with Crippen molar-refractivity contribution in [3.8, 4) is 0 Å². The summed E-state index contributed by atoms with van der Waals surface area (Å²) in [7, 11) is 0. The largest absolute Gasteiger partial charge is 0.0654 e. The van der Waals surface area contributed by atoms with Gasteiger partial charge in [0, 0.05) is 0 Å². The molecule has 17 heavy (non-hydrogen) atoms. The molecular weight excluding hydrogens is 204 g/mol. The highest BCUT2D eigenvalue weighted by molar-refractivity contribution is 4.78. The standard InChI is InChI=1S/C17H34/c1-5-9-14(4)17(7-3)16-11-8-10-15(6-2)12-13-16/h14-17H,5-13H2,1-4H3. The Kier molecular flexibility index (Phi) is 7.23. The highest BCUT2D eigenvalue weighted by atomic mass is 14.3. The molecule has 4 unspecified atom stereocenters. The predicted molar refractivity (Wildman–Crippen MR) is 78.2 cm³/mol. The minimum Gasteiger partial charge on any atom is -0.0654 e. The Morgan fingerprint density at radius 2 is 1.76 bits per heavy atom. The van der Waals surface area contributed by atoms with Crippen molar-refractivity contribution < 1.29 is 0 Å². The van der Waals surface area contributed by atoms with Gasteiger partial charge in [0.1, 0.15) is 0 Å². The van der Waals surface area contributed by atoms with Gasteiger partial charge in [0.15, 0.2) is 0 Å². The van der Waals surface area contributed by atoms with E-state index in [-0.39, 0.29) is 0 Å². The summed E-state index contributed by atoms with van der Waals surface area (Å²) in [5.41, 5.74) is 0. The Bertz CT molecular complexity index is 184. The molecule has 1 saturated carbocycles. The van der Waals surface area contributed by atoms with E-state index in [4.69, 9.17) is 0 Å². The quantitative estimate of drug-likeness (QED) is 0.494. The van der Waals surface area contributed by atoms with Crippen molar-refractivity contribution in [2.24, 2.45) is 23.7 Å². The van der Waals surface area contributed by atoms with Gasteiger partial charge >= 0.3 is 0 Å². The van der Waals surface area contributed by atoms with Crippen LogP contribution in [-0.4, -0.2) is 0 Å². The Morgan fingerprint density at radius 3 is 2.35 bits per heavy atom. The van der Waals surface area contributed by atoms with Gasteiger partial charge in [-0.05, 0) is 30.1 Å². The molecule has 1 rings (SSSR count). The molecule has 0 aromatic carbocycles. The second kappa shape index (κ2) is 8.16. The topological polar surface area (TPSA) is 0 Å². The van der Waals surface area contributed by atoms with E-state index < -0.39 is 0 Å². The highest BCUT2D eigenvalue weighted by Gasteiger charge is 2.27. The fourth-order valence-electron chi connectivity index (χ4n) is 4.11. The Hall–Kier alpha value is 0. The van der Waals surface area contributed by atoms with Gasteiger partial charge in [0.25, 0.3) is 0 Å². The van der Waals surface area contributed by atoms with Crippen LogP contribution in [0.5, 0.6) is 0 Å². The molecule has 102 valence electrons. The van der Waals surface area contributed by atoms with E-state index in [1.54, 1.807) is 0 Å². The fraction of sp³-hybridized carbons (Fsp3) is 1.00. The summed E-state index contributed by atoms with van der Waals surface area (Å²) in [4.78, 5) is 0. The minimum atomic E-state index is 0.952.